The van der Waals surface area contributed by atoms with Crippen molar-refractivity contribution in [2.45, 2.75) is 46.6 Å². The fraction of sp³-hybridized carbons (Fsp3) is 0.812. The van der Waals surface area contributed by atoms with Crippen molar-refractivity contribution < 1.29 is 19.1 Å². The third-order valence-corrected chi connectivity index (χ3v) is 4.01. The van der Waals surface area contributed by atoms with Crippen molar-refractivity contribution in [1.82, 2.24) is 15.1 Å². The number of amides is 3. The number of hydrogen-bond donors (Lipinski definition) is 1. The van der Waals surface area contributed by atoms with E-state index in [2.05, 4.69) is 5.32 Å². The van der Waals surface area contributed by atoms with Crippen LogP contribution in [0.2, 0.25) is 0 Å². The van der Waals surface area contributed by atoms with Crippen molar-refractivity contribution in [3.05, 3.63) is 0 Å². The molecular formula is C16H29N3O4. The van der Waals surface area contributed by atoms with Crippen LogP contribution in [0.4, 0.5) is 4.79 Å². The van der Waals surface area contributed by atoms with Crippen LogP contribution in [0.25, 0.3) is 0 Å². The van der Waals surface area contributed by atoms with Gasteiger partial charge >= 0.3 is 6.09 Å². The number of piperidine rings is 1. The Kier molecular flexibility index (Phi) is 7.85. The average molecular weight is 327 g/mol. The summed E-state index contributed by atoms with van der Waals surface area (Å²) in [5, 5.41) is 2.83. The summed E-state index contributed by atoms with van der Waals surface area (Å²) in [7, 11) is 0. The van der Waals surface area contributed by atoms with E-state index in [9.17, 15) is 14.4 Å². The third kappa shape index (κ3) is 6.08. The zero-order valence-electron chi connectivity index (χ0n) is 14.6. The highest BCUT2D eigenvalue weighted by molar-refractivity contribution is 5.78. The van der Waals surface area contributed by atoms with E-state index < -0.39 is 0 Å². The highest BCUT2D eigenvalue weighted by atomic mass is 16.6. The van der Waals surface area contributed by atoms with Crippen molar-refractivity contribution >= 4 is 17.9 Å². The fourth-order valence-electron chi connectivity index (χ4n) is 2.68. The number of hydrogen-bond acceptors (Lipinski definition) is 4. The number of carbonyl (C=O) groups excluding carboxylic acids is 3. The van der Waals surface area contributed by atoms with E-state index in [1.165, 1.54) is 0 Å². The highest BCUT2D eigenvalue weighted by Gasteiger charge is 2.28. The summed E-state index contributed by atoms with van der Waals surface area (Å²) in [6, 6.07) is 0.106. The Balaban J connectivity index is 2.46. The second kappa shape index (κ2) is 9.37. The normalized spacial score (nSPS) is 15.4. The molecule has 0 spiro atoms. The van der Waals surface area contributed by atoms with Crippen LogP contribution >= 0.6 is 0 Å². The maximum absolute atomic E-state index is 11.9. The lowest BCUT2D eigenvalue weighted by molar-refractivity contribution is -0.132. The Bertz CT molecular complexity index is 418. The minimum Gasteiger partial charge on any atom is -0.450 e. The standard InChI is InChI=1S/C16H29N3O4/c1-5-23-16(22)18-9-6-14(7-10-18)19(13(4)20)11-8-17-15(21)12(2)3/h12,14H,5-11H2,1-4H3,(H,17,21). The molecule has 1 saturated heterocycles. The first-order valence-electron chi connectivity index (χ1n) is 8.33. The molecule has 0 saturated carbocycles. The lowest BCUT2D eigenvalue weighted by Crippen LogP contribution is -2.50. The van der Waals surface area contributed by atoms with E-state index >= 15 is 0 Å². The van der Waals surface area contributed by atoms with Gasteiger partial charge in [-0.3, -0.25) is 9.59 Å². The zero-order valence-corrected chi connectivity index (χ0v) is 14.6. The van der Waals surface area contributed by atoms with Crippen LogP contribution in [0.1, 0.15) is 40.5 Å². The van der Waals surface area contributed by atoms with Crippen LogP contribution in [-0.4, -0.2) is 66.5 Å². The summed E-state index contributed by atoms with van der Waals surface area (Å²) in [5.74, 6) is -0.0717. The Morgan fingerprint density at radius 3 is 2.35 bits per heavy atom. The first-order valence-corrected chi connectivity index (χ1v) is 8.33. The molecule has 7 nitrogen and oxygen atoms in total. The molecule has 7 heteroatoms. The molecule has 0 aromatic heterocycles. The van der Waals surface area contributed by atoms with Gasteiger partial charge in [0, 0.05) is 45.1 Å². The largest absolute Gasteiger partial charge is 0.450 e. The molecule has 0 unspecified atom stereocenters. The van der Waals surface area contributed by atoms with Gasteiger partial charge in [-0.25, -0.2) is 4.79 Å². The third-order valence-electron chi connectivity index (χ3n) is 4.01. The number of ether oxygens (including phenoxy) is 1. The monoisotopic (exact) mass is 327 g/mol. The zero-order chi connectivity index (χ0) is 17.4. The predicted molar refractivity (Wildman–Crippen MR) is 86.9 cm³/mol. The molecule has 0 aromatic carbocycles. The number of nitrogens with zero attached hydrogens (tertiary/aromatic N) is 2. The molecule has 0 bridgehead atoms. The van der Waals surface area contributed by atoms with Crippen molar-refractivity contribution in [2.24, 2.45) is 5.92 Å². The van der Waals surface area contributed by atoms with Crippen LogP contribution in [0.15, 0.2) is 0 Å². The number of nitrogens with one attached hydrogen (secondary N) is 1. The van der Waals surface area contributed by atoms with Crippen molar-refractivity contribution in [3.63, 3.8) is 0 Å². The quantitative estimate of drug-likeness (QED) is 0.796. The fourth-order valence-corrected chi connectivity index (χ4v) is 2.68. The molecule has 23 heavy (non-hydrogen) atoms. The Morgan fingerprint density at radius 2 is 1.87 bits per heavy atom. The molecule has 1 rings (SSSR count). The van der Waals surface area contributed by atoms with Gasteiger partial charge in [-0.2, -0.15) is 0 Å². The second-order valence-corrected chi connectivity index (χ2v) is 6.08. The van der Waals surface area contributed by atoms with Crippen molar-refractivity contribution in [3.8, 4) is 0 Å². The minimum atomic E-state index is -0.287. The Labute approximate surface area is 138 Å². The molecular weight excluding hydrogens is 298 g/mol. The van der Waals surface area contributed by atoms with Crippen LogP contribution in [-0.2, 0) is 14.3 Å². The number of carbonyl (C=O) groups is 3. The van der Waals surface area contributed by atoms with E-state index in [4.69, 9.17) is 4.74 Å². The van der Waals surface area contributed by atoms with Gasteiger partial charge in [-0.05, 0) is 19.8 Å². The Hall–Kier alpha value is -1.79. The molecule has 132 valence electrons. The van der Waals surface area contributed by atoms with E-state index in [1.807, 2.05) is 13.8 Å². The molecule has 1 fully saturated rings. The van der Waals surface area contributed by atoms with Crippen LogP contribution in [0, 0.1) is 5.92 Å². The topological polar surface area (TPSA) is 79.0 Å². The maximum atomic E-state index is 11.9. The molecule has 0 aliphatic carbocycles. The number of rotatable bonds is 6. The summed E-state index contributed by atoms with van der Waals surface area (Å²) >= 11 is 0. The number of likely N-dealkylation sites (tertiary alicyclic amines) is 1. The first kappa shape index (κ1) is 19.3. The summed E-state index contributed by atoms with van der Waals surface area (Å²) in [5.41, 5.74) is 0. The highest BCUT2D eigenvalue weighted by Crippen LogP contribution is 2.17. The molecule has 1 heterocycles. The molecule has 0 atom stereocenters. The van der Waals surface area contributed by atoms with E-state index in [1.54, 1.807) is 23.6 Å². The van der Waals surface area contributed by atoms with Gasteiger partial charge < -0.3 is 19.9 Å². The molecule has 3 amide bonds. The van der Waals surface area contributed by atoms with Gasteiger partial charge in [-0.15, -0.1) is 0 Å². The minimum absolute atomic E-state index is 0.00150. The van der Waals surface area contributed by atoms with Crippen LogP contribution < -0.4 is 5.32 Å². The molecule has 1 N–H and O–H groups in total. The second-order valence-electron chi connectivity index (χ2n) is 6.08. The summed E-state index contributed by atoms with van der Waals surface area (Å²) in [4.78, 5) is 38.6. The van der Waals surface area contributed by atoms with Gasteiger partial charge in [0.15, 0.2) is 0 Å². The molecule has 0 aromatic rings. The summed E-state index contributed by atoms with van der Waals surface area (Å²) in [6.07, 6.45) is 1.18. The molecule has 0 radical (unpaired) electrons. The van der Waals surface area contributed by atoms with Crippen LogP contribution in [0.3, 0.4) is 0 Å². The summed E-state index contributed by atoms with van der Waals surface area (Å²) in [6.45, 7) is 9.50. The van der Waals surface area contributed by atoms with Gasteiger partial charge in [0.2, 0.25) is 11.8 Å². The van der Waals surface area contributed by atoms with Gasteiger partial charge in [0.1, 0.15) is 0 Å². The maximum Gasteiger partial charge on any atom is 0.409 e. The SMILES string of the molecule is CCOC(=O)N1CCC(N(CCNC(=O)C(C)C)C(C)=O)CC1. The van der Waals surface area contributed by atoms with E-state index in [0.717, 1.165) is 12.8 Å². The van der Waals surface area contributed by atoms with Crippen molar-refractivity contribution in [1.29, 1.82) is 0 Å². The van der Waals surface area contributed by atoms with E-state index in [-0.39, 0.29) is 29.9 Å². The molecule has 1 aliphatic rings. The smallest absolute Gasteiger partial charge is 0.409 e. The van der Waals surface area contributed by atoms with Crippen LogP contribution in [0.5, 0.6) is 0 Å². The van der Waals surface area contributed by atoms with E-state index in [0.29, 0.717) is 32.8 Å². The van der Waals surface area contributed by atoms with Gasteiger partial charge in [-0.1, -0.05) is 13.8 Å². The van der Waals surface area contributed by atoms with Gasteiger partial charge in [0.25, 0.3) is 0 Å². The lowest BCUT2D eigenvalue weighted by atomic mass is 10.0. The lowest BCUT2D eigenvalue weighted by Gasteiger charge is -2.37. The summed E-state index contributed by atoms with van der Waals surface area (Å²) < 4.78 is 5.00. The average Bonchev–Trinajstić information content (AvgIpc) is 2.51. The predicted octanol–water partition coefficient (Wildman–Crippen LogP) is 1.23. The Morgan fingerprint density at radius 1 is 1.26 bits per heavy atom. The first-order chi connectivity index (χ1) is 10.9. The molecule has 1 aliphatic heterocycles. The van der Waals surface area contributed by atoms with Crippen molar-refractivity contribution in [2.75, 3.05) is 32.8 Å². The van der Waals surface area contributed by atoms with Gasteiger partial charge in [0.05, 0.1) is 6.61 Å².